The number of hydrogen-bond acceptors (Lipinski definition) is 4. The number of carbonyl (C=O) groups excluding carboxylic acids is 1. The molecular formula is C12H13N3O2. The Balaban J connectivity index is 1.91. The van der Waals surface area contributed by atoms with E-state index in [0.717, 1.165) is 13.0 Å². The van der Waals surface area contributed by atoms with Crippen LogP contribution in [0.2, 0.25) is 0 Å². The Morgan fingerprint density at radius 1 is 1.59 bits per heavy atom. The summed E-state index contributed by atoms with van der Waals surface area (Å²) in [7, 11) is 0. The van der Waals surface area contributed by atoms with Gasteiger partial charge in [0.05, 0.1) is 11.6 Å². The lowest BCUT2D eigenvalue weighted by molar-refractivity contribution is 0.121. The highest BCUT2D eigenvalue weighted by atomic mass is 16.6. The molecule has 1 aromatic carbocycles. The van der Waals surface area contributed by atoms with Gasteiger partial charge in [-0.2, -0.15) is 5.26 Å². The molecule has 5 heteroatoms. The third kappa shape index (κ3) is 3.20. The van der Waals surface area contributed by atoms with Gasteiger partial charge in [0.25, 0.3) is 0 Å². The molecule has 1 heterocycles. The molecule has 0 radical (unpaired) electrons. The largest absolute Gasteiger partial charge is 0.445 e. The van der Waals surface area contributed by atoms with Gasteiger partial charge < -0.3 is 10.1 Å². The first-order chi connectivity index (χ1) is 8.28. The first kappa shape index (κ1) is 11.4. The maximum atomic E-state index is 11.5. The molecule has 0 aromatic heterocycles. The van der Waals surface area contributed by atoms with E-state index in [-0.39, 0.29) is 6.10 Å². The summed E-state index contributed by atoms with van der Waals surface area (Å²) in [5, 5.41) is 14.4. The van der Waals surface area contributed by atoms with E-state index in [1.165, 1.54) is 0 Å². The van der Waals surface area contributed by atoms with E-state index in [1.54, 1.807) is 24.3 Å². The minimum Gasteiger partial charge on any atom is -0.445 e. The van der Waals surface area contributed by atoms with Gasteiger partial charge in [0.2, 0.25) is 0 Å². The maximum absolute atomic E-state index is 11.5. The molecule has 2 N–H and O–H groups in total. The van der Waals surface area contributed by atoms with E-state index in [1.807, 2.05) is 6.07 Å². The highest BCUT2D eigenvalue weighted by Crippen LogP contribution is 2.11. The monoisotopic (exact) mass is 231 g/mol. The minimum absolute atomic E-state index is 0.0610. The van der Waals surface area contributed by atoms with E-state index < -0.39 is 6.09 Å². The Hall–Kier alpha value is -2.06. The molecule has 0 bridgehead atoms. The Morgan fingerprint density at radius 3 is 3.18 bits per heavy atom. The van der Waals surface area contributed by atoms with Crippen molar-refractivity contribution < 1.29 is 9.53 Å². The molecule has 17 heavy (non-hydrogen) atoms. The zero-order chi connectivity index (χ0) is 12.1. The van der Waals surface area contributed by atoms with E-state index in [9.17, 15) is 4.79 Å². The minimum atomic E-state index is -0.478. The lowest BCUT2D eigenvalue weighted by atomic mass is 10.2. The van der Waals surface area contributed by atoms with Crippen LogP contribution in [0.5, 0.6) is 0 Å². The first-order valence-corrected chi connectivity index (χ1v) is 5.46. The molecule has 1 aliphatic rings. The zero-order valence-electron chi connectivity index (χ0n) is 9.27. The lowest BCUT2D eigenvalue weighted by Crippen LogP contribution is -2.24. The van der Waals surface area contributed by atoms with Crippen LogP contribution in [0.15, 0.2) is 24.3 Å². The van der Waals surface area contributed by atoms with Crippen LogP contribution in [0, 0.1) is 11.3 Å². The number of nitrogens with one attached hydrogen (secondary N) is 2. The van der Waals surface area contributed by atoms with Gasteiger partial charge in [-0.3, -0.25) is 5.32 Å². The third-order valence-corrected chi connectivity index (χ3v) is 2.53. The molecule has 1 amide bonds. The van der Waals surface area contributed by atoms with Crippen LogP contribution in [0.3, 0.4) is 0 Å². The van der Waals surface area contributed by atoms with Gasteiger partial charge in [0.15, 0.2) is 0 Å². The van der Waals surface area contributed by atoms with Crippen molar-refractivity contribution in [3.8, 4) is 6.07 Å². The van der Waals surface area contributed by atoms with E-state index in [4.69, 9.17) is 10.00 Å². The fraction of sp³-hybridized carbons (Fsp3) is 0.333. The second-order valence-corrected chi connectivity index (χ2v) is 3.84. The van der Waals surface area contributed by atoms with Crippen molar-refractivity contribution in [2.75, 3.05) is 18.4 Å². The summed E-state index contributed by atoms with van der Waals surface area (Å²) in [6.45, 7) is 1.58. The predicted molar refractivity (Wildman–Crippen MR) is 62.5 cm³/mol. The van der Waals surface area contributed by atoms with Crippen molar-refractivity contribution >= 4 is 11.8 Å². The molecule has 1 fully saturated rings. The Morgan fingerprint density at radius 2 is 2.47 bits per heavy atom. The van der Waals surface area contributed by atoms with Gasteiger partial charge in [-0.1, -0.05) is 6.07 Å². The highest BCUT2D eigenvalue weighted by molar-refractivity contribution is 5.84. The van der Waals surface area contributed by atoms with Gasteiger partial charge >= 0.3 is 6.09 Å². The van der Waals surface area contributed by atoms with Crippen LogP contribution in [0.1, 0.15) is 12.0 Å². The van der Waals surface area contributed by atoms with Crippen LogP contribution in [0.25, 0.3) is 0 Å². The summed E-state index contributed by atoms with van der Waals surface area (Å²) in [5.74, 6) is 0. The molecule has 2 rings (SSSR count). The number of nitriles is 1. The molecule has 0 aliphatic carbocycles. The first-order valence-electron chi connectivity index (χ1n) is 5.46. The number of rotatable bonds is 2. The number of ether oxygens (including phenoxy) is 1. The van der Waals surface area contributed by atoms with Crippen molar-refractivity contribution in [2.24, 2.45) is 0 Å². The second kappa shape index (κ2) is 5.32. The molecule has 1 aliphatic heterocycles. The van der Waals surface area contributed by atoms with Gasteiger partial charge in [0.1, 0.15) is 6.10 Å². The van der Waals surface area contributed by atoms with Gasteiger partial charge in [-0.25, -0.2) is 4.79 Å². The van der Waals surface area contributed by atoms with Gasteiger partial charge in [0, 0.05) is 12.2 Å². The fourth-order valence-electron chi connectivity index (χ4n) is 1.69. The Labute approximate surface area is 99.4 Å². The van der Waals surface area contributed by atoms with Crippen LogP contribution >= 0.6 is 0 Å². The molecular weight excluding hydrogens is 218 g/mol. The van der Waals surface area contributed by atoms with Crippen molar-refractivity contribution in [1.29, 1.82) is 5.26 Å². The van der Waals surface area contributed by atoms with Crippen molar-refractivity contribution in [3.63, 3.8) is 0 Å². The number of amides is 1. The Bertz CT molecular complexity index is 447. The number of carbonyl (C=O) groups is 1. The summed E-state index contributed by atoms with van der Waals surface area (Å²) in [6, 6.07) is 8.73. The summed E-state index contributed by atoms with van der Waals surface area (Å²) < 4.78 is 5.19. The predicted octanol–water partition coefficient (Wildman–Crippen LogP) is 1.47. The average Bonchev–Trinajstić information content (AvgIpc) is 2.82. The SMILES string of the molecule is N#Cc1cccc(NC(=O)OC2CCNC2)c1. The van der Waals surface area contributed by atoms with Crippen LogP contribution in [-0.2, 0) is 4.74 Å². The molecule has 1 atom stereocenters. The lowest BCUT2D eigenvalue weighted by Gasteiger charge is -2.11. The van der Waals surface area contributed by atoms with Crippen LogP contribution < -0.4 is 10.6 Å². The molecule has 0 spiro atoms. The smallest absolute Gasteiger partial charge is 0.411 e. The molecule has 1 aromatic rings. The second-order valence-electron chi connectivity index (χ2n) is 3.84. The molecule has 1 saturated heterocycles. The standard InChI is InChI=1S/C12H13N3O2/c13-7-9-2-1-3-10(6-9)15-12(16)17-11-4-5-14-8-11/h1-3,6,11,14H,4-5,8H2,(H,15,16). The summed E-state index contributed by atoms with van der Waals surface area (Å²) in [5.41, 5.74) is 1.07. The Kier molecular flexibility index (Phi) is 3.58. The van der Waals surface area contributed by atoms with Crippen LogP contribution in [0.4, 0.5) is 10.5 Å². The van der Waals surface area contributed by atoms with Crippen LogP contribution in [-0.4, -0.2) is 25.3 Å². The number of benzene rings is 1. The molecule has 0 saturated carbocycles. The highest BCUT2D eigenvalue weighted by Gasteiger charge is 2.18. The quantitative estimate of drug-likeness (QED) is 0.808. The zero-order valence-corrected chi connectivity index (χ0v) is 9.27. The third-order valence-electron chi connectivity index (χ3n) is 2.53. The number of anilines is 1. The summed E-state index contributed by atoms with van der Waals surface area (Å²) in [6.07, 6.45) is 0.300. The average molecular weight is 231 g/mol. The van der Waals surface area contributed by atoms with E-state index in [2.05, 4.69) is 10.6 Å². The summed E-state index contributed by atoms with van der Waals surface area (Å²) >= 11 is 0. The molecule has 5 nitrogen and oxygen atoms in total. The summed E-state index contributed by atoms with van der Waals surface area (Å²) in [4.78, 5) is 11.5. The van der Waals surface area contributed by atoms with Gasteiger partial charge in [-0.05, 0) is 31.2 Å². The van der Waals surface area contributed by atoms with Crippen molar-refractivity contribution in [1.82, 2.24) is 5.32 Å². The number of nitrogens with zero attached hydrogens (tertiary/aromatic N) is 1. The topological polar surface area (TPSA) is 74.2 Å². The molecule has 88 valence electrons. The number of hydrogen-bond donors (Lipinski definition) is 2. The van der Waals surface area contributed by atoms with E-state index >= 15 is 0 Å². The van der Waals surface area contributed by atoms with E-state index in [0.29, 0.717) is 17.8 Å². The normalized spacial score (nSPS) is 18.4. The fourth-order valence-corrected chi connectivity index (χ4v) is 1.69. The van der Waals surface area contributed by atoms with Crippen molar-refractivity contribution in [2.45, 2.75) is 12.5 Å². The molecule has 1 unspecified atom stereocenters. The van der Waals surface area contributed by atoms with Crippen molar-refractivity contribution in [3.05, 3.63) is 29.8 Å². The maximum Gasteiger partial charge on any atom is 0.411 e. The van der Waals surface area contributed by atoms with Gasteiger partial charge in [-0.15, -0.1) is 0 Å².